The van der Waals surface area contributed by atoms with Gasteiger partial charge in [-0.05, 0) is 56.7 Å². The zero-order chi connectivity index (χ0) is 17.1. The molecule has 0 unspecified atom stereocenters. The molecule has 1 heterocycles. The minimum Gasteiger partial charge on any atom is -0.356 e. The van der Waals surface area contributed by atoms with Gasteiger partial charge in [-0.25, -0.2) is 4.98 Å². The van der Waals surface area contributed by atoms with E-state index in [1.807, 2.05) is 43.3 Å². The summed E-state index contributed by atoms with van der Waals surface area (Å²) in [7, 11) is 0. The van der Waals surface area contributed by atoms with Crippen LogP contribution in [0.5, 0.6) is 0 Å². The molecular weight excluding hydrogens is 320 g/mol. The highest BCUT2D eigenvalue weighted by Gasteiger charge is 2.12. The van der Waals surface area contributed by atoms with Crippen molar-refractivity contribution in [2.75, 3.05) is 23.3 Å². The molecule has 0 radical (unpaired) electrons. The van der Waals surface area contributed by atoms with E-state index in [2.05, 4.69) is 35.1 Å². The number of aryl methyl sites for hydroxylation is 1. The molecular formula is C19H21ClN4. The molecule has 0 saturated carbocycles. The van der Waals surface area contributed by atoms with E-state index in [0.29, 0.717) is 5.95 Å². The van der Waals surface area contributed by atoms with E-state index in [4.69, 9.17) is 16.6 Å². The quantitative estimate of drug-likeness (QED) is 0.694. The maximum absolute atomic E-state index is 6.04. The number of anilines is 3. The fourth-order valence-corrected chi connectivity index (χ4v) is 2.99. The fraction of sp³-hybridized carbons (Fsp3) is 0.263. The summed E-state index contributed by atoms with van der Waals surface area (Å²) in [4.78, 5) is 11.7. The van der Waals surface area contributed by atoms with Crippen LogP contribution in [0.15, 0.2) is 42.5 Å². The highest BCUT2D eigenvalue weighted by molar-refractivity contribution is 6.30. The Labute approximate surface area is 147 Å². The van der Waals surface area contributed by atoms with Gasteiger partial charge >= 0.3 is 0 Å². The smallest absolute Gasteiger partial charge is 0.229 e. The third-order valence-corrected chi connectivity index (χ3v) is 4.32. The molecule has 0 fully saturated rings. The molecule has 124 valence electrons. The van der Waals surface area contributed by atoms with Crippen molar-refractivity contribution in [3.05, 3.63) is 53.1 Å². The number of nitrogens with one attached hydrogen (secondary N) is 1. The molecule has 5 heteroatoms. The molecule has 0 spiro atoms. The third-order valence-electron chi connectivity index (χ3n) is 4.08. The van der Waals surface area contributed by atoms with Gasteiger partial charge in [-0.2, -0.15) is 4.98 Å². The van der Waals surface area contributed by atoms with Gasteiger partial charge in [0.05, 0.1) is 5.52 Å². The molecule has 0 saturated heterocycles. The number of para-hydroxylation sites is 1. The standard InChI is InChI=1S/C19H21ClN4/c1-4-24(5-2)18-15-8-6-7-9-17(15)22-19(23-18)21-16-11-10-14(20)12-13(16)3/h6-12H,4-5H2,1-3H3,(H,21,22,23). The van der Waals surface area contributed by atoms with Crippen molar-refractivity contribution in [1.82, 2.24) is 9.97 Å². The van der Waals surface area contributed by atoms with Crippen molar-refractivity contribution in [1.29, 1.82) is 0 Å². The number of benzene rings is 2. The van der Waals surface area contributed by atoms with Crippen LogP contribution >= 0.6 is 11.6 Å². The summed E-state index contributed by atoms with van der Waals surface area (Å²) in [6.07, 6.45) is 0. The van der Waals surface area contributed by atoms with Crippen molar-refractivity contribution in [3.63, 3.8) is 0 Å². The summed E-state index contributed by atoms with van der Waals surface area (Å²) in [6.45, 7) is 8.09. The first-order chi connectivity index (χ1) is 11.6. The first-order valence-electron chi connectivity index (χ1n) is 8.17. The molecule has 0 atom stereocenters. The van der Waals surface area contributed by atoms with E-state index >= 15 is 0 Å². The van der Waals surface area contributed by atoms with Crippen molar-refractivity contribution < 1.29 is 0 Å². The Balaban J connectivity index is 2.08. The van der Waals surface area contributed by atoms with Gasteiger partial charge < -0.3 is 10.2 Å². The van der Waals surface area contributed by atoms with E-state index in [1.165, 1.54) is 0 Å². The maximum Gasteiger partial charge on any atom is 0.229 e. The Kier molecular flexibility index (Phi) is 4.86. The number of hydrogen-bond donors (Lipinski definition) is 1. The molecule has 3 rings (SSSR count). The van der Waals surface area contributed by atoms with Gasteiger partial charge in [0.25, 0.3) is 0 Å². The van der Waals surface area contributed by atoms with E-state index < -0.39 is 0 Å². The Bertz CT molecular complexity index is 859. The summed E-state index contributed by atoms with van der Waals surface area (Å²) in [5.41, 5.74) is 2.95. The largest absolute Gasteiger partial charge is 0.356 e. The number of aromatic nitrogens is 2. The molecule has 1 aromatic heterocycles. The molecule has 1 N–H and O–H groups in total. The second kappa shape index (κ2) is 7.05. The minimum absolute atomic E-state index is 0.598. The Morgan fingerprint density at radius 2 is 1.79 bits per heavy atom. The van der Waals surface area contributed by atoms with E-state index in [9.17, 15) is 0 Å². The maximum atomic E-state index is 6.04. The normalized spacial score (nSPS) is 10.8. The van der Waals surface area contributed by atoms with Crippen LogP contribution in [0.2, 0.25) is 5.02 Å². The van der Waals surface area contributed by atoms with Crippen LogP contribution in [0.25, 0.3) is 10.9 Å². The van der Waals surface area contributed by atoms with Gasteiger partial charge in [-0.1, -0.05) is 23.7 Å². The van der Waals surface area contributed by atoms with Gasteiger partial charge in [0.2, 0.25) is 5.95 Å². The highest BCUT2D eigenvalue weighted by atomic mass is 35.5. The van der Waals surface area contributed by atoms with Crippen molar-refractivity contribution in [2.24, 2.45) is 0 Å². The molecule has 4 nitrogen and oxygen atoms in total. The van der Waals surface area contributed by atoms with Crippen LogP contribution in [0.4, 0.5) is 17.5 Å². The monoisotopic (exact) mass is 340 g/mol. The lowest BCUT2D eigenvalue weighted by Crippen LogP contribution is -2.23. The molecule has 2 aromatic carbocycles. The van der Waals surface area contributed by atoms with Crippen LogP contribution in [-0.4, -0.2) is 23.1 Å². The van der Waals surface area contributed by atoms with Gasteiger partial charge in [-0.15, -0.1) is 0 Å². The van der Waals surface area contributed by atoms with Crippen LogP contribution in [0, 0.1) is 6.92 Å². The molecule has 0 aliphatic heterocycles. The Hall–Kier alpha value is -2.33. The first kappa shape index (κ1) is 16.5. The fourth-order valence-electron chi connectivity index (χ4n) is 2.77. The highest BCUT2D eigenvalue weighted by Crippen LogP contribution is 2.28. The number of fused-ring (bicyclic) bond motifs is 1. The molecule has 0 aliphatic rings. The summed E-state index contributed by atoms with van der Waals surface area (Å²) in [5.74, 6) is 1.56. The van der Waals surface area contributed by atoms with Gasteiger partial charge in [0.15, 0.2) is 0 Å². The third kappa shape index (κ3) is 3.29. The van der Waals surface area contributed by atoms with Crippen LogP contribution in [0.3, 0.4) is 0 Å². The SMILES string of the molecule is CCN(CC)c1nc(Nc2ccc(Cl)cc2C)nc2ccccc12. The predicted octanol–water partition coefficient (Wildman–Crippen LogP) is 5.18. The summed E-state index contributed by atoms with van der Waals surface area (Å²) in [5, 5.41) is 5.12. The zero-order valence-electron chi connectivity index (χ0n) is 14.2. The van der Waals surface area contributed by atoms with Gasteiger partial charge in [0, 0.05) is 29.2 Å². The Morgan fingerprint density at radius 3 is 2.50 bits per heavy atom. The van der Waals surface area contributed by atoms with Crippen LogP contribution in [-0.2, 0) is 0 Å². The van der Waals surface area contributed by atoms with E-state index in [1.54, 1.807) is 0 Å². The molecule has 24 heavy (non-hydrogen) atoms. The van der Waals surface area contributed by atoms with Crippen LogP contribution < -0.4 is 10.2 Å². The number of halogens is 1. The number of hydrogen-bond acceptors (Lipinski definition) is 4. The zero-order valence-corrected chi connectivity index (χ0v) is 14.9. The first-order valence-corrected chi connectivity index (χ1v) is 8.55. The molecule has 0 aliphatic carbocycles. The van der Waals surface area contributed by atoms with E-state index in [0.717, 1.165) is 46.1 Å². The van der Waals surface area contributed by atoms with Crippen molar-refractivity contribution in [2.45, 2.75) is 20.8 Å². The summed E-state index contributed by atoms with van der Waals surface area (Å²) >= 11 is 6.04. The Morgan fingerprint density at radius 1 is 1.04 bits per heavy atom. The molecule has 0 amide bonds. The second-order valence-electron chi connectivity index (χ2n) is 5.64. The molecule has 3 aromatic rings. The van der Waals surface area contributed by atoms with Crippen LogP contribution in [0.1, 0.15) is 19.4 Å². The lowest BCUT2D eigenvalue weighted by molar-refractivity contribution is 0.850. The second-order valence-corrected chi connectivity index (χ2v) is 6.08. The van der Waals surface area contributed by atoms with E-state index in [-0.39, 0.29) is 0 Å². The number of nitrogens with zero attached hydrogens (tertiary/aromatic N) is 3. The average molecular weight is 341 g/mol. The topological polar surface area (TPSA) is 41.1 Å². The van der Waals surface area contributed by atoms with Crippen molar-refractivity contribution >= 4 is 40.0 Å². The van der Waals surface area contributed by atoms with Gasteiger partial charge in [0.1, 0.15) is 5.82 Å². The summed E-state index contributed by atoms with van der Waals surface area (Å²) in [6, 6.07) is 13.9. The predicted molar refractivity (Wildman–Crippen MR) is 103 cm³/mol. The average Bonchev–Trinajstić information content (AvgIpc) is 2.58. The van der Waals surface area contributed by atoms with Crippen molar-refractivity contribution in [3.8, 4) is 0 Å². The lowest BCUT2D eigenvalue weighted by atomic mass is 10.2. The minimum atomic E-state index is 0.598. The van der Waals surface area contributed by atoms with Gasteiger partial charge in [-0.3, -0.25) is 0 Å². The number of rotatable bonds is 5. The molecule has 0 bridgehead atoms. The summed E-state index contributed by atoms with van der Waals surface area (Å²) < 4.78 is 0. The lowest BCUT2D eigenvalue weighted by Gasteiger charge is -2.22.